The molecule has 18 heavy (non-hydrogen) atoms. The van der Waals surface area contributed by atoms with Gasteiger partial charge >= 0.3 is 0 Å². The Labute approximate surface area is 111 Å². The third-order valence-corrected chi connectivity index (χ3v) is 2.94. The number of nitrogens with zero attached hydrogens (tertiary/aromatic N) is 3. The summed E-state index contributed by atoms with van der Waals surface area (Å²) in [6.45, 7) is 13.8. The summed E-state index contributed by atoms with van der Waals surface area (Å²) in [7, 11) is 2.17. The average molecular weight is 252 g/mol. The predicted molar refractivity (Wildman–Crippen MR) is 76.7 cm³/mol. The summed E-state index contributed by atoms with van der Waals surface area (Å²) < 4.78 is 2.09. The standard InChI is InChI=1S/C14H28N4/c1-6-18-14(9-13(4)16-18)11-17(5)8-7-15-10-12(2)3/h9,12,15H,6-8,10-11H2,1-5H3. The Morgan fingerprint density at radius 2 is 2.17 bits per heavy atom. The van der Waals surface area contributed by atoms with Gasteiger partial charge in [-0.2, -0.15) is 5.10 Å². The first-order valence-electron chi connectivity index (χ1n) is 6.95. The average Bonchev–Trinajstić information content (AvgIpc) is 2.64. The lowest BCUT2D eigenvalue weighted by molar-refractivity contribution is 0.311. The van der Waals surface area contributed by atoms with Crippen LogP contribution in [0, 0.1) is 12.8 Å². The lowest BCUT2D eigenvalue weighted by Crippen LogP contribution is -2.31. The minimum atomic E-state index is 0.722. The van der Waals surface area contributed by atoms with E-state index in [-0.39, 0.29) is 0 Å². The fourth-order valence-corrected chi connectivity index (χ4v) is 2.02. The molecule has 1 aromatic heterocycles. The van der Waals surface area contributed by atoms with E-state index in [1.165, 1.54) is 5.69 Å². The van der Waals surface area contributed by atoms with Gasteiger partial charge in [0.2, 0.25) is 0 Å². The molecule has 0 fully saturated rings. The van der Waals surface area contributed by atoms with Crippen LogP contribution in [0.15, 0.2) is 6.07 Å². The van der Waals surface area contributed by atoms with Crippen LogP contribution < -0.4 is 5.32 Å². The van der Waals surface area contributed by atoms with Gasteiger partial charge in [0.1, 0.15) is 0 Å². The van der Waals surface area contributed by atoms with Crippen molar-refractivity contribution in [2.24, 2.45) is 5.92 Å². The highest BCUT2D eigenvalue weighted by molar-refractivity contribution is 5.08. The van der Waals surface area contributed by atoms with Gasteiger partial charge < -0.3 is 5.32 Å². The topological polar surface area (TPSA) is 33.1 Å². The monoisotopic (exact) mass is 252 g/mol. The van der Waals surface area contributed by atoms with Crippen molar-refractivity contribution in [2.45, 2.75) is 40.8 Å². The molecule has 0 saturated carbocycles. The molecule has 4 nitrogen and oxygen atoms in total. The first-order valence-corrected chi connectivity index (χ1v) is 6.95. The molecule has 0 aliphatic rings. The van der Waals surface area contributed by atoms with Crippen LogP contribution in [0.5, 0.6) is 0 Å². The number of aromatic nitrogens is 2. The summed E-state index contributed by atoms with van der Waals surface area (Å²) in [6, 6.07) is 2.18. The smallest absolute Gasteiger partial charge is 0.0597 e. The first kappa shape index (κ1) is 15.2. The first-order chi connectivity index (χ1) is 8.52. The molecular weight excluding hydrogens is 224 g/mol. The van der Waals surface area contributed by atoms with Crippen LogP contribution in [-0.4, -0.2) is 41.4 Å². The fourth-order valence-electron chi connectivity index (χ4n) is 2.02. The van der Waals surface area contributed by atoms with Crippen molar-refractivity contribution in [3.05, 3.63) is 17.5 Å². The zero-order valence-corrected chi connectivity index (χ0v) is 12.5. The molecule has 0 atom stereocenters. The van der Waals surface area contributed by atoms with E-state index in [1.807, 2.05) is 0 Å². The zero-order chi connectivity index (χ0) is 13.5. The summed E-state index contributed by atoms with van der Waals surface area (Å²) in [4.78, 5) is 2.34. The van der Waals surface area contributed by atoms with E-state index in [0.29, 0.717) is 0 Å². The third kappa shape index (κ3) is 5.19. The van der Waals surface area contributed by atoms with Crippen molar-refractivity contribution in [1.29, 1.82) is 0 Å². The van der Waals surface area contributed by atoms with Crippen molar-refractivity contribution in [3.8, 4) is 0 Å². The van der Waals surface area contributed by atoms with Crippen molar-refractivity contribution < 1.29 is 0 Å². The second-order valence-corrected chi connectivity index (χ2v) is 5.43. The van der Waals surface area contributed by atoms with Crippen LogP contribution in [0.4, 0.5) is 0 Å². The van der Waals surface area contributed by atoms with Gasteiger partial charge in [0.05, 0.1) is 11.4 Å². The van der Waals surface area contributed by atoms with E-state index >= 15 is 0 Å². The summed E-state index contributed by atoms with van der Waals surface area (Å²) in [5.74, 6) is 0.722. The third-order valence-electron chi connectivity index (χ3n) is 2.94. The molecule has 1 aromatic rings. The summed E-state index contributed by atoms with van der Waals surface area (Å²) in [5, 5.41) is 7.95. The quantitative estimate of drug-likeness (QED) is 0.717. The number of hydrogen-bond acceptors (Lipinski definition) is 3. The van der Waals surface area contributed by atoms with Gasteiger partial charge in [-0.05, 0) is 39.4 Å². The number of hydrogen-bond donors (Lipinski definition) is 1. The second kappa shape index (κ2) is 7.54. The Bertz CT molecular complexity index is 344. The fraction of sp³-hybridized carbons (Fsp3) is 0.786. The molecular formula is C14H28N4. The maximum absolute atomic E-state index is 4.48. The Morgan fingerprint density at radius 3 is 2.78 bits per heavy atom. The van der Waals surface area contributed by atoms with Crippen molar-refractivity contribution in [2.75, 3.05) is 26.7 Å². The molecule has 1 N–H and O–H groups in total. The normalized spacial score (nSPS) is 11.7. The lowest BCUT2D eigenvalue weighted by atomic mass is 10.2. The van der Waals surface area contributed by atoms with Crippen LogP contribution in [0.2, 0.25) is 0 Å². The lowest BCUT2D eigenvalue weighted by Gasteiger charge is -2.18. The van der Waals surface area contributed by atoms with Gasteiger partial charge in [-0.1, -0.05) is 13.8 Å². The van der Waals surface area contributed by atoms with Crippen LogP contribution in [0.3, 0.4) is 0 Å². The summed E-state index contributed by atoms with van der Waals surface area (Å²) >= 11 is 0. The van der Waals surface area contributed by atoms with E-state index in [0.717, 1.165) is 44.3 Å². The van der Waals surface area contributed by atoms with E-state index in [1.54, 1.807) is 0 Å². The SMILES string of the molecule is CCn1nc(C)cc1CN(C)CCNCC(C)C. The molecule has 0 bridgehead atoms. The van der Waals surface area contributed by atoms with Gasteiger partial charge in [0.15, 0.2) is 0 Å². The highest BCUT2D eigenvalue weighted by Gasteiger charge is 2.07. The molecule has 0 amide bonds. The van der Waals surface area contributed by atoms with E-state index in [2.05, 4.69) is 60.8 Å². The highest BCUT2D eigenvalue weighted by atomic mass is 15.3. The van der Waals surface area contributed by atoms with Crippen LogP contribution in [-0.2, 0) is 13.1 Å². The molecule has 0 spiro atoms. The molecule has 104 valence electrons. The molecule has 1 rings (SSSR count). The van der Waals surface area contributed by atoms with Crippen molar-refractivity contribution >= 4 is 0 Å². The minimum Gasteiger partial charge on any atom is -0.315 e. The largest absolute Gasteiger partial charge is 0.315 e. The maximum Gasteiger partial charge on any atom is 0.0597 e. The summed E-state index contributed by atoms with van der Waals surface area (Å²) in [5.41, 5.74) is 2.42. The van der Waals surface area contributed by atoms with Crippen LogP contribution in [0.1, 0.15) is 32.2 Å². The molecule has 0 radical (unpaired) electrons. The van der Waals surface area contributed by atoms with Gasteiger partial charge in [-0.3, -0.25) is 9.58 Å². The van der Waals surface area contributed by atoms with Gasteiger partial charge in [-0.15, -0.1) is 0 Å². The van der Waals surface area contributed by atoms with E-state index in [9.17, 15) is 0 Å². The van der Waals surface area contributed by atoms with Crippen molar-refractivity contribution in [3.63, 3.8) is 0 Å². The Balaban J connectivity index is 2.32. The Hall–Kier alpha value is -0.870. The zero-order valence-electron chi connectivity index (χ0n) is 12.5. The van der Waals surface area contributed by atoms with Gasteiger partial charge in [-0.25, -0.2) is 0 Å². The van der Waals surface area contributed by atoms with Crippen molar-refractivity contribution in [1.82, 2.24) is 20.0 Å². The summed E-state index contributed by atoms with van der Waals surface area (Å²) in [6.07, 6.45) is 0. The second-order valence-electron chi connectivity index (χ2n) is 5.43. The molecule has 0 aromatic carbocycles. The molecule has 0 aliphatic heterocycles. The van der Waals surface area contributed by atoms with Gasteiger partial charge in [0, 0.05) is 26.2 Å². The van der Waals surface area contributed by atoms with Crippen LogP contribution in [0.25, 0.3) is 0 Å². The predicted octanol–water partition coefficient (Wildman–Crippen LogP) is 1.89. The number of rotatable bonds is 8. The number of nitrogens with one attached hydrogen (secondary N) is 1. The number of aryl methyl sites for hydroxylation is 2. The van der Waals surface area contributed by atoms with E-state index in [4.69, 9.17) is 0 Å². The number of likely N-dealkylation sites (N-methyl/N-ethyl adjacent to an activating group) is 1. The molecule has 4 heteroatoms. The Morgan fingerprint density at radius 1 is 1.44 bits per heavy atom. The van der Waals surface area contributed by atoms with Crippen LogP contribution >= 0.6 is 0 Å². The molecule has 0 aliphatic carbocycles. The minimum absolute atomic E-state index is 0.722. The molecule has 1 heterocycles. The molecule has 0 saturated heterocycles. The highest BCUT2D eigenvalue weighted by Crippen LogP contribution is 2.06. The maximum atomic E-state index is 4.48. The molecule has 0 unspecified atom stereocenters. The Kier molecular flexibility index (Phi) is 6.36. The van der Waals surface area contributed by atoms with E-state index < -0.39 is 0 Å². The van der Waals surface area contributed by atoms with Gasteiger partial charge in [0.25, 0.3) is 0 Å².